The summed E-state index contributed by atoms with van der Waals surface area (Å²) in [6.07, 6.45) is 0.692. The van der Waals surface area contributed by atoms with E-state index in [0.717, 1.165) is 5.56 Å². The van der Waals surface area contributed by atoms with Crippen LogP contribution in [0.4, 0.5) is 8.78 Å². The molecule has 0 N–H and O–H groups in total. The largest absolute Gasteiger partial charge is 0.340 e. The normalized spacial score (nSPS) is 19.3. The molecule has 1 unspecified atom stereocenters. The van der Waals surface area contributed by atoms with E-state index in [1.807, 2.05) is 0 Å². The summed E-state index contributed by atoms with van der Waals surface area (Å²) in [6.45, 7) is 1.17. The fraction of sp³-hybridized carbons (Fsp3) is 0.348. The third kappa shape index (κ3) is 4.73. The Labute approximate surface area is 179 Å². The van der Waals surface area contributed by atoms with E-state index in [9.17, 15) is 23.2 Å². The number of halogens is 2. The molecule has 0 spiro atoms. The van der Waals surface area contributed by atoms with Crippen LogP contribution < -0.4 is 0 Å². The van der Waals surface area contributed by atoms with Crippen LogP contribution in [0.3, 0.4) is 0 Å². The average Bonchev–Trinajstić information content (AvgIpc) is 2.99. The van der Waals surface area contributed by atoms with E-state index < -0.39 is 6.04 Å². The molecule has 0 saturated carbocycles. The van der Waals surface area contributed by atoms with Crippen molar-refractivity contribution < 1.29 is 23.2 Å². The van der Waals surface area contributed by atoms with Gasteiger partial charge in [0.15, 0.2) is 0 Å². The van der Waals surface area contributed by atoms with Gasteiger partial charge in [0, 0.05) is 19.6 Å². The Morgan fingerprint density at radius 2 is 1.52 bits per heavy atom. The molecule has 8 heteroatoms. The van der Waals surface area contributed by atoms with E-state index in [-0.39, 0.29) is 55.4 Å². The number of piperazine rings is 1. The van der Waals surface area contributed by atoms with E-state index >= 15 is 0 Å². The molecule has 2 fully saturated rings. The number of amides is 3. The number of benzene rings is 2. The molecular formula is C23H23F2N3O3. The second kappa shape index (κ2) is 8.83. The van der Waals surface area contributed by atoms with Crippen molar-refractivity contribution in [1.29, 1.82) is 0 Å². The Hall–Kier alpha value is -3.29. The number of carbonyl (C=O) groups is 3. The first-order valence-corrected chi connectivity index (χ1v) is 10.3. The van der Waals surface area contributed by atoms with Crippen LogP contribution in [0.25, 0.3) is 0 Å². The molecule has 2 heterocycles. The summed E-state index contributed by atoms with van der Waals surface area (Å²) in [5.74, 6) is -1.27. The highest BCUT2D eigenvalue weighted by molar-refractivity contribution is 5.95. The van der Waals surface area contributed by atoms with Crippen LogP contribution in [0.1, 0.15) is 17.5 Å². The second-order valence-electron chi connectivity index (χ2n) is 7.92. The molecule has 0 bridgehead atoms. The van der Waals surface area contributed by atoms with Gasteiger partial charge in [-0.1, -0.05) is 24.3 Å². The lowest BCUT2D eigenvalue weighted by Gasteiger charge is -2.40. The Kier molecular flexibility index (Phi) is 5.97. The first-order valence-electron chi connectivity index (χ1n) is 10.3. The van der Waals surface area contributed by atoms with Crippen molar-refractivity contribution in [3.05, 3.63) is 71.3 Å². The summed E-state index contributed by atoms with van der Waals surface area (Å²) in [5.41, 5.74) is 1.42. The summed E-state index contributed by atoms with van der Waals surface area (Å²) in [4.78, 5) is 43.4. The number of fused-ring (bicyclic) bond motifs is 1. The van der Waals surface area contributed by atoms with Gasteiger partial charge in [0.05, 0.1) is 13.0 Å². The average molecular weight is 427 g/mol. The first kappa shape index (κ1) is 21.0. The number of hydrogen-bond acceptors (Lipinski definition) is 3. The third-order valence-corrected chi connectivity index (χ3v) is 5.75. The summed E-state index contributed by atoms with van der Waals surface area (Å²) < 4.78 is 26.3. The smallest absolute Gasteiger partial charge is 0.247 e. The zero-order valence-electron chi connectivity index (χ0n) is 17.0. The van der Waals surface area contributed by atoms with Gasteiger partial charge in [-0.25, -0.2) is 8.78 Å². The monoisotopic (exact) mass is 427 g/mol. The molecule has 0 radical (unpaired) electrons. The first-order chi connectivity index (χ1) is 14.9. The molecule has 162 valence electrons. The lowest BCUT2D eigenvalue weighted by Crippen LogP contribution is -2.61. The number of carbonyl (C=O) groups excluding carboxylic acids is 3. The van der Waals surface area contributed by atoms with Gasteiger partial charge in [0.2, 0.25) is 17.7 Å². The summed E-state index contributed by atoms with van der Waals surface area (Å²) in [6, 6.07) is 10.8. The number of hydrogen-bond donors (Lipinski definition) is 0. The predicted molar refractivity (Wildman–Crippen MR) is 109 cm³/mol. The van der Waals surface area contributed by atoms with E-state index in [1.54, 1.807) is 34.1 Å². The van der Waals surface area contributed by atoms with Crippen LogP contribution in [0.2, 0.25) is 0 Å². The minimum absolute atomic E-state index is 0.0315. The highest BCUT2D eigenvalue weighted by atomic mass is 19.1. The minimum atomic E-state index is -0.735. The van der Waals surface area contributed by atoms with Crippen LogP contribution in [-0.4, -0.2) is 64.6 Å². The fourth-order valence-electron chi connectivity index (χ4n) is 4.10. The maximum Gasteiger partial charge on any atom is 0.247 e. The van der Waals surface area contributed by atoms with Gasteiger partial charge in [-0.15, -0.1) is 0 Å². The summed E-state index contributed by atoms with van der Waals surface area (Å²) in [5, 5.41) is 0. The highest BCUT2D eigenvalue weighted by Gasteiger charge is 2.41. The van der Waals surface area contributed by atoms with Crippen molar-refractivity contribution in [1.82, 2.24) is 14.7 Å². The van der Waals surface area contributed by atoms with Crippen LogP contribution in [0.5, 0.6) is 0 Å². The van der Waals surface area contributed by atoms with Crippen LogP contribution in [-0.2, 0) is 27.3 Å². The lowest BCUT2D eigenvalue weighted by atomic mass is 10.1. The van der Waals surface area contributed by atoms with Crippen molar-refractivity contribution in [2.45, 2.75) is 25.4 Å². The molecular weight excluding hydrogens is 404 g/mol. The molecule has 0 aromatic heterocycles. The van der Waals surface area contributed by atoms with E-state index in [1.165, 1.54) is 29.2 Å². The molecule has 0 aliphatic carbocycles. The molecule has 2 aliphatic heterocycles. The van der Waals surface area contributed by atoms with Gasteiger partial charge in [0.25, 0.3) is 0 Å². The van der Waals surface area contributed by atoms with E-state index in [4.69, 9.17) is 0 Å². The van der Waals surface area contributed by atoms with Crippen LogP contribution >= 0.6 is 0 Å². The molecule has 2 aromatic carbocycles. The van der Waals surface area contributed by atoms with Crippen molar-refractivity contribution in [3.8, 4) is 0 Å². The van der Waals surface area contributed by atoms with Crippen molar-refractivity contribution >= 4 is 17.7 Å². The van der Waals surface area contributed by atoms with E-state index in [2.05, 4.69) is 0 Å². The summed E-state index contributed by atoms with van der Waals surface area (Å²) in [7, 11) is 0. The highest BCUT2D eigenvalue weighted by Crippen LogP contribution is 2.21. The number of rotatable bonds is 4. The standard InChI is InChI=1S/C23H23F2N3O3/c24-18-6-2-16(3-7-18)12-21(29)26-10-1-11-28-20(14-26)23(31)27(15-22(28)30)13-17-4-8-19(25)9-5-17/h2-9,20H,1,10-15H2. The maximum atomic E-state index is 13.2. The second-order valence-corrected chi connectivity index (χ2v) is 7.92. The maximum absolute atomic E-state index is 13.2. The van der Waals surface area contributed by atoms with Gasteiger partial charge < -0.3 is 14.7 Å². The third-order valence-electron chi connectivity index (χ3n) is 5.75. The molecule has 4 rings (SSSR count). The zero-order chi connectivity index (χ0) is 22.0. The molecule has 1 atom stereocenters. The molecule has 3 amide bonds. The Bertz CT molecular complexity index is 979. The zero-order valence-corrected chi connectivity index (χ0v) is 17.0. The molecule has 6 nitrogen and oxygen atoms in total. The minimum Gasteiger partial charge on any atom is -0.340 e. The molecule has 2 saturated heterocycles. The van der Waals surface area contributed by atoms with Gasteiger partial charge in [-0.05, 0) is 41.8 Å². The Balaban J connectivity index is 1.47. The van der Waals surface area contributed by atoms with Gasteiger partial charge >= 0.3 is 0 Å². The summed E-state index contributed by atoms with van der Waals surface area (Å²) >= 11 is 0. The van der Waals surface area contributed by atoms with E-state index in [0.29, 0.717) is 25.1 Å². The van der Waals surface area contributed by atoms with Crippen LogP contribution in [0.15, 0.2) is 48.5 Å². The Morgan fingerprint density at radius 1 is 0.903 bits per heavy atom. The van der Waals surface area contributed by atoms with Crippen LogP contribution in [0, 0.1) is 11.6 Å². The SMILES string of the molecule is O=C(Cc1ccc(F)cc1)N1CCCN2C(=O)CN(Cc3ccc(F)cc3)C(=O)C2C1. The lowest BCUT2D eigenvalue weighted by molar-refractivity contribution is -0.157. The quantitative estimate of drug-likeness (QED) is 0.750. The van der Waals surface area contributed by atoms with Crippen molar-refractivity contribution in [2.75, 3.05) is 26.2 Å². The van der Waals surface area contributed by atoms with Gasteiger partial charge in [-0.3, -0.25) is 14.4 Å². The molecule has 2 aromatic rings. The fourth-order valence-corrected chi connectivity index (χ4v) is 4.10. The van der Waals surface area contributed by atoms with Crippen molar-refractivity contribution in [2.24, 2.45) is 0 Å². The van der Waals surface area contributed by atoms with Crippen molar-refractivity contribution in [3.63, 3.8) is 0 Å². The Morgan fingerprint density at radius 3 is 2.16 bits per heavy atom. The van der Waals surface area contributed by atoms with Gasteiger partial charge in [-0.2, -0.15) is 0 Å². The molecule has 2 aliphatic rings. The predicted octanol–water partition coefficient (Wildman–Crippen LogP) is 1.98. The number of nitrogens with zero attached hydrogens (tertiary/aromatic N) is 3. The topological polar surface area (TPSA) is 60.9 Å². The van der Waals surface area contributed by atoms with Gasteiger partial charge in [0.1, 0.15) is 24.2 Å². The molecule has 31 heavy (non-hydrogen) atoms.